The van der Waals surface area contributed by atoms with Crippen LogP contribution in [-0.2, 0) is 22.7 Å². The summed E-state index contributed by atoms with van der Waals surface area (Å²) in [6.07, 6.45) is 7.29. The van der Waals surface area contributed by atoms with E-state index in [1.807, 2.05) is 42.5 Å². The average Bonchev–Trinajstić information content (AvgIpc) is 2.73. The van der Waals surface area contributed by atoms with Gasteiger partial charge in [-0.3, -0.25) is 0 Å². The van der Waals surface area contributed by atoms with Crippen LogP contribution in [0.1, 0.15) is 37.8 Å². The molecule has 2 aromatic carbocycles. The second-order valence-corrected chi connectivity index (χ2v) is 7.31. The first-order valence-corrected chi connectivity index (χ1v) is 9.93. The molecule has 0 aromatic heterocycles. The molecule has 0 saturated carbocycles. The minimum absolute atomic E-state index is 0.0958. The van der Waals surface area contributed by atoms with E-state index in [-0.39, 0.29) is 6.10 Å². The molecule has 0 heterocycles. The molecule has 0 unspecified atom stereocenters. The van der Waals surface area contributed by atoms with Crippen LogP contribution in [0.4, 0.5) is 0 Å². The van der Waals surface area contributed by atoms with Gasteiger partial charge in [0.15, 0.2) is 0 Å². The maximum absolute atomic E-state index is 6.30. The number of hydrogen-bond donors (Lipinski definition) is 0. The fourth-order valence-corrected chi connectivity index (χ4v) is 3.30. The highest BCUT2D eigenvalue weighted by Gasteiger charge is 2.24. The Balaban J connectivity index is 1.84. The number of ether oxygens (including phenoxy) is 3. The second-order valence-electron chi connectivity index (χ2n) is 7.31. The Morgan fingerprint density at radius 3 is 2.21 bits per heavy atom. The van der Waals surface area contributed by atoms with E-state index in [0.717, 1.165) is 17.7 Å². The molecule has 0 aliphatic heterocycles. The summed E-state index contributed by atoms with van der Waals surface area (Å²) in [6.45, 7) is 6.31. The Morgan fingerprint density at radius 1 is 0.893 bits per heavy atom. The Hall–Kier alpha value is -2.28. The van der Waals surface area contributed by atoms with Crippen molar-refractivity contribution in [3.05, 3.63) is 65.7 Å². The highest BCUT2D eigenvalue weighted by molar-refractivity contribution is 5.26. The molecule has 28 heavy (non-hydrogen) atoms. The Bertz CT molecular complexity index is 703. The van der Waals surface area contributed by atoms with E-state index in [9.17, 15) is 0 Å². The minimum atomic E-state index is 0.0958. The summed E-state index contributed by atoms with van der Waals surface area (Å²) in [5.41, 5.74) is 2.33. The lowest BCUT2D eigenvalue weighted by Crippen LogP contribution is -2.30. The van der Waals surface area contributed by atoms with Crippen LogP contribution in [0.5, 0.6) is 5.75 Å². The summed E-state index contributed by atoms with van der Waals surface area (Å²) in [7, 11) is 1.67. The number of terminal acetylenes is 1. The van der Waals surface area contributed by atoms with Crippen molar-refractivity contribution in [2.45, 2.75) is 46.0 Å². The van der Waals surface area contributed by atoms with Gasteiger partial charge in [0.05, 0.1) is 26.4 Å². The Kier molecular flexibility index (Phi) is 9.62. The van der Waals surface area contributed by atoms with E-state index in [1.54, 1.807) is 7.11 Å². The van der Waals surface area contributed by atoms with Gasteiger partial charge in [-0.2, -0.15) is 0 Å². The highest BCUT2D eigenvalue weighted by atomic mass is 16.5. The van der Waals surface area contributed by atoms with E-state index in [0.29, 0.717) is 38.1 Å². The molecule has 3 atom stereocenters. The van der Waals surface area contributed by atoms with E-state index < -0.39 is 0 Å². The Labute approximate surface area is 170 Å². The minimum Gasteiger partial charge on any atom is -0.497 e. The van der Waals surface area contributed by atoms with Crippen LogP contribution in [0, 0.1) is 24.2 Å². The van der Waals surface area contributed by atoms with Gasteiger partial charge in [0.25, 0.3) is 0 Å². The van der Waals surface area contributed by atoms with E-state index in [2.05, 4.69) is 31.9 Å². The molecule has 3 nitrogen and oxygen atoms in total. The lowest BCUT2D eigenvalue weighted by atomic mass is 9.89. The SMILES string of the molecule is C#CC[C@@H](C)[C@H](OCc1ccc(OC)cc1)[C@@H](C)CCOCc1ccccc1. The monoisotopic (exact) mass is 380 g/mol. The number of rotatable bonds is 12. The van der Waals surface area contributed by atoms with E-state index >= 15 is 0 Å². The Morgan fingerprint density at radius 2 is 1.57 bits per heavy atom. The smallest absolute Gasteiger partial charge is 0.118 e. The predicted octanol–water partition coefficient (Wildman–Crippen LogP) is 5.48. The van der Waals surface area contributed by atoms with Crippen LogP contribution in [-0.4, -0.2) is 19.8 Å². The summed E-state index contributed by atoms with van der Waals surface area (Å²) in [4.78, 5) is 0. The molecular formula is C25H32O3. The summed E-state index contributed by atoms with van der Waals surface area (Å²) in [5, 5.41) is 0. The molecule has 0 radical (unpaired) electrons. The molecular weight excluding hydrogens is 348 g/mol. The van der Waals surface area contributed by atoms with Crippen LogP contribution >= 0.6 is 0 Å². The molecule has 0 spiro atoms. The molecule has 0 bridgehead atoms. The molecule has 2 rings (SSSR count). The fraction of sp³-hybridized carbons (Fsp3) is 0.440. The van der Waals surface area contributed by atoms with Crippen LogP contribution in [0.25, 0.3) is 0 Å². The molecule has 0 aliphatic rings. The van der Waals surface area contributed by atoms with Crippen LogP contribution in [0.3, 0.4) is 0 Å². The van der Waals surface area contributed by atoms with Crippen molar-refractivity contribution >= 4 is 0 Å². The topological polar surface area (TPSA) is 27.7 Å². The average molecular weight is 381 g/mol. The van der Waals surface area contributed by atoms with Gasteiger partial charge >= 0.3 is 0 Å². The van der Waals surface area contributed by atoms with E-state index in [4.69, 9.17) is 20.6 Å². The van der Waals surface area contributed by atoms with Crippen molar-refractivity contribution in [2.75, 3.05) is 13.7 Å². The second kappa shape index (κ2) is 12.2. The van der Waals surface area contributed by atoms with Crippen molar-refractivity contribution in [1.82, 2.24) is 0 Å². The third-order valence-electron chi connectivity index (χ3n) is 4.99. The van der Waals surface area contributed by atoms with Gasteiger partial charge in [-0.1, -0.05) is 56.3 Å². The van der Waals surface area contributed by atoms with Gasteiger partial charge in [-0.15, -0.1) is 12.3 Å². The van der Waals surface area contributed by atoms with Gasteiger partial charge in [0.1, 0.15) is 5.75 Å². The van der Waals surface area contributed by atoms with Gasteiger partial charge in [-0.05, 0) is 41.5 Å². The number of hydrogen-bond acceptors (Lipinski definition) is 3. The first kappa shape index (κ1) is 22.0. The van der Waals surface area contributed by atoms with Gasteiger partial charge in [0, 0.05) is 13.0 Å². The molecule has 2 aromatic rings. The van der Waals surface area contributed by atoms with Crippen molar-refractivity contribution < 1.29 is 14.2 Å². The summed E-state index contributed by atoms with van der Waals surface area (Å²) in [6, 6.07) is 18.2. The largest absolute Gasteiger partial charge is 0.497 e. The van der Waals surface area contributed by atoms with Crippen molar-refractivity contribution in [2.24, 2.45) is 11.8 Å². The first-order chi connectivity index (χ1) is 13.6. The van der Waals surface area contributed by atoms with Crippen molar-refractivity contribution in [3.8, 4) is 18.1 Å². The molecule has 0 saturated heterocycles. The maximum atomic E-state index is 6.30. The molecule has 3 heteroatoms. The number of benzene rings is 2. The third-order valence-corrected chi connectivity index (χ3v) is 4.99. The van der Waals surface area contributed by atoms with Gasteiger partial charge < -0.3 is 14.2 Å². The van der Waals surface area contributed by atoms with Crippen LogP contribution in [0.15, 0.2) is 54.6 Å². The zero-order valence-electron chi connectivity index (χ0n) is 17.3. The van der Waals surface area contributed by atoms with Crippen molar-refractivity contribution in [1.29, 1.82) is 0 Å². The first-order valence-electron chi connectivity index (χ1n) is 9.93. The lowest BCUT2D eigenvalue weighted by molar-refractivity contribution is -0.0362. The summed E-state index contributed by atoms with van der Waals surface area (Å²) < 4.78 is 17.4. The van der Waals surface area contributed by atoms with Crippen LogP contribution in [0.2, 0.25) is 0 Å². The molecule has 150 valence electrons. The van der Waals surface area contributed by atoms with E-state index in [1.165, 1.54) is 5.56 Å². The van der Waals surface area contributed by atoms with Gasteiger partial charge in [-0.25, -0.2) is 0 Å². The summed E-state index contributed by atoms with van der Waals surface area (Å²) >= 11 is 0. The quantitative estimate of drug-likeness (QED) is 0.360. The highest BCUT2D eigenvalue weighted by Crippen LogP contribution is 2.24. The zero-order valence-corrected chi connectivity index (χ0v) is 17.3. The normalized spacial score (nSPS) is 14.1. The number of methoxy groups -OCH3 is 1. The molecule has 0 amide bonds. The zero-order chi connectivity index (χ0) is 20.2. The molecule has 0 aliphatic carbocycles. The third kappa shape index (κ3) is 7.38. The van der Waals surface area contributed by atoms with Gasteiger partial charge in [0.2, 0.25) is 0 Å². The summed E-state index contributed by atoms with van der Waals surface area (Å²) in [5.74, 6) is 4.29. The molecule has 0 N–H and O–H groups in total. The maximum Gasteiger partial charge on any atom is 0.118 e. The lowest BCUT2D eigenvalue weighted by Gasteiger charge is -2.29. The molecule has 0 fully saturated rings. The van der Waals surface area contributed by atoms with Crippen LogP contribution < -0.4 is 4.74 Å². The standard InChI is InChI=1S/C25H32O3/c1-5-9-20(2)25(28-19-23-12-14-24(26-4)15-13-23)21(3)16-17-27-18-22-10-7-6-8-11-22/h1,6-8,10-15,20-21,25H,9,16-19H2,2-4H3/t20-,21+,25+/m1/s1. The fourth-order valence-electron chi connectivity index (χ4n) is 3.30. The van der Waals surface area contributed by atoms with Crippen molar-refractivity contribution in [3.63, 3.8) is 0 Å². The predicted molar refractivity (Wildman–Crippen MR) is 114 cm³/mol.